The van der Waals surface area contributed by atoms with Gasteiger partial charge in [-0.05, 0) is 25.0 Å². The van der Waals surface area contributed by atoms with E-state index < -0.39 is 0 Å². The minimum absolute atomic E-state index is 0.0168. The van der Waals surface area contributed by atoms with E-state index in [2.05, 4.69) is 9.55 Å². The third-order valence-corrected chi connectivity index (χ3v) is 5.17. The Bertz CT molecular complexity index is 1030. The normalized spacial score (nSPS) is 15.0. The molecule has 5 rings (SSSR count). The van der Waals surface area contributed by atoms with Crippen LogP contribution in [-0.2, 0) is 13.0 Å². The van der Waals surface area contributed by atoms with Crippen LogP contribution in [0.2, 0.25) is 0 Å². The highest BCUT2D eigenvalue weighted by molar-refractivity contribution is 6.26. The highest BCUT2D eigenvalue weighted by Crippen LogP contribution is 2.43. The lowest BCUT2D eigenvalue weighted by molar-refractivity contribution is 0.0959. The summed E-state index contributed by atoms with van der Waals surface area (Å²) >= 11 is 0. The molecule has 0 aliphatic heterocycles. The van der Waals surface area contributed by atoms with E-state index in [4.69, 9.17) is 0 Å². The van der Waals surface area contributed by atoms with Crippen molar-refractivity contribution < 1.29 is 9.59 Å². The Morgan fingerprint density at radius 2 is 1.72 bits per heavy atom. The van der Waals surface area contributed by atoms with Crippen LogP contribution in [0.4, 0.5) is 0 Å². The van der Waals surface area contributed by atoms with Crippen molar-refractivity contribution in [3.05, 3.63) is 76.7 Å². The Morgan fingerprint density at radius 1 is 0.920 bits per heavy atom. The zero-order valence-electron chi connectivity index (χ0n) is 13.7. The van der Waals surface area contributed by atoms with Crippen molar-refractivity contribution >= 4 is 11.6 Å². The largest absolute Gasteiger partial charge is 0.337 e. The second kappa shape index (κ2) is 5.24. The Labute approximate surface area is 145 Å². The number of hydrogen-bond acceptors (Lipinski definition) is 3. The van der Waals surface area contributed by atoms with E-state index >= 15 is 0 Å². The summed E-state index contributed by atoms with van der Waals surface area (Å²) in [6.45, 7) is 0.577. The maximum atomic E-state index is 13.0. The minimum atomic E-state index is -0.0168. The van der Waals surface area contributed by atoms with Gasteiger partial charge in [-0.25, -0.2) is 0 Å². The summed E-state index contributed by atoms with van der Waals surface area (Å²) in [5.41, 5.74) is 5.71. The van der Waals surface area contributed by atoms with E-state index in [1.54, 1.807) is 6.20 Å². The SMILES string of the molecule is O=C1CCCc2c1c1c(n2Cc2ccccn2)-c2ccccc2C1=O. The molecule has 2 aromatic heterocycles. The molecule has 0 saturated heterocycles. The van der Waals surface area contributed by atoms with E-state index in [-0.39, 0.29) is 11.6 Å². The van der Waals surface area contributed by atoms with E-state index in [9.17, 15) is 9.59 Å². The average Bonchev–Trinajstić information content (AvgIpc) is 3.12. The number of carbonyl (C=O) groups is 2. The minimum Gasteiger partial charge on any atom is -0.337 e. The molecule has 122 valence electrons. The molecule has 0 radical (unpaired) electrons. The molecule has 0 unspecified atom stereocenters. The van der Waals surface area contributed by atoms with Gasteiger partial charge in [0.25, 0.3) is 0 Å². The van der Waals surface area contributed by atoms with Crippen LogP contribution in [0, 0.1) is 0 Å². The number of nitrogens with zero attached hydrogens (tertiary/aromatic N) is 2. The monoisotopic (exact) mass is 328 g/mol. The van der Waals surface area contributed by atoms with Crippen LogP contribution < -0.4 is 0 Å². The molecule has 3 aromatic rings. The quantitative estimate of drug-likeness (QED) is 0.564. The molecule has 4 heteroatoms. The van der Waals surface area contributed by atoms with Gasteiger partial charge in [0.2, 0.25) is 0 Å². The first-order valence-electron chi connectivity index (χ1n) is 8.58. The standard InChI is InChI=1S/C21H16N2O2/c24-17-10-5-9-16-18(17)19-20(14-7-1-2-8-15(14)21(19)25)23(16)12-13-6-3-4-11-22-13/h1-4,6-8,11H,5,9-10,12H2. The molecule has 0 saturated carbocycles. The molecule has 25 heavy (non-hydrogen) atoms. The molecule has 0 bridgehead atoms. The van der Waals surface area contributed by atoms with Gasteiger partial charge in [0.05, 0.1) is 29.1 Å². The number of aromatic nitrogens is 2. The molecular formula is C21H16N2O2. The predicted octanol–water partition coefficient (Wildman–Crippen LogP) is 3.66. The third-order valence-electron chi connectivity index (χ3n) is 5.17. The van der Waals surface area contributed by atoms with Crippen molar-refractivity contribution in [3.8, 4) is 11.3 Å². The second-order valence-corrected chi connectivity index (χ2v) is 6.60. The second-order valence-electron chi connectivity index (χ2n) is 6.60. The molecule has 0 N–H and O–H groups in total. The number of ketones is 2. The van der Waals surface area contributed by atoms with Crippen LogP contribution in [0.1, 0.15) is 50.5 Å². The van der Waals surface area contributed by atoms with E-state index in [0.29, 0.717) is 29.7 Å². The highest BCUT2D eigenvalue weighted by Gasteiger charge is 2.39. The molecule has 0 amide bonds. The van der Waals surface area contributed by atoms with Crippen LogP contribution in [0.3, 0.4) is 0 Å². The van der Waals surface area contributed by atoms with Crippen LogP contribution in [-0.4, -0.2) is 21.1 Å². The number of fused-ring (bicyclic) bond motifs is 5. The molecule has 2 aliphatic rings. The van der Waals surface area contributed by atoms with Crippen molar-refractivity contribution in [2.45, 2.75) is 25.8 Å². The maximum Gasteiger partial charge on any atom is 0.196 e. The lowest BCUT2D eigenvalue weighted by Crippen LogP contribution is -2.16. The molecular weight excluding hydrogens is 312 g/mol. The summed E-state index contributed by atoms with van der Waals surface area (Å²) < 4.78 is 2.15. The van der Waals surface area contributed by atoms with Crippen molar-refractivity contribution in [1.29, 1.82) is 0 Å². The van der Waals surface area contributed by atoms with Gasteiger partial charge in [-0.15, -0.1) is 0 Å². The van der Waals surface area contributed by atoms with Gasteiger partial charge >= 0.3 is 0 Å². The lowest BCUT2D eigenvalue weighted by atomic mass is 9.92. The maximum absolute atomic E-state index is 13.0. The number of pyridine rings is 1. The van der Waals surface area contributed by atoms with E-state index in [0.717, 1.165) is 35.5 Å². The molecule has 4 nitrogen and oxygen atoms in total. The number of rotatable bonds is 2. The van der Waals surface area contributed by atoms with Crippen LogP contribution >= 0.6 is 0 Å². The van der Waals surface area contributed by atoms with Gasteiger partial charge in [0.1, 0.15) is 0 Å². The first-order valence-corrected chi connectivity index (χ1v) is 8.58. The average molecular weight is 328 g/mol. The van der Waals surface area contributed by atoms with Crippen molar-refractivity contribution in [1.82, 2.24) is 9.55 Å². The zero-order chi connectivity index (χ0) is 17.0. The number of hydrogen-bond donors (Lipinski definition) is 0. The fraction of sp³-hybridized carbons (Fsp3) is 0.190. The molecule has 2 heterocycles. The van der Waals surface area contributed by atoms with Crippen molar-refractivity contribution in [2.24, 2.45) is 0 Å². The molecule has 2 aliphatic carbocycles. The third kappa shape index (κ3) is 1.97. The summed E-state index contributed by atoms with van der Waals surface area (Å²) in [6, 6.07) is 13.5. The summed E-state index contributed by atoms with van der Waals surface area (Å²) in [5, 5.41) is 0. The summed E-state index contributed by atoms with van der Waals surface area (Å²) in [7, 11) is 0. The van der Waals surface area contributed by atoms with Crippen LogP contribution in [0.25, 0.3) is 11.3 Å². The summed E-state index contributed by atoms with van der Waals surface area (Å²) in [5.74, 6) is 0.0790. The van der Waals surface area contributed by atoms with Gasteiger partial charge in [0, 0.05) is 29.4 Å². The van der Waals surface area contributed by atoms with E-state index in [1.165, 1.54) is 0 Å². The zero-order valence-corrected chi connectivity index (χ0v) is 13.7. The van der Waals surface area contributed by atoms with Gasteiger partial charge in [-0.1, -0.05) is 30.3 Å². The van der Waals surface area contributed by atoms with Gasteiger partial charge < -0.3 is 4.57 Å². The Hall–Kier alpha value is -3.01. The van der Waals surface area contributed by atoms with Crippen LogP contribution in [0.5, 0.6) is 0 Å². The first kappa shape index (κ1) is 14.3. The molecule has 0 fully saturated rings. The van der Waals surface area contributed by atoms with Gasteiger partial charge in [-0.3, -0.25) is 14.6 Å². The molecule has 0 atom stereocenters. The fourth-order valence-electron chi connectivity index (χ4n) is 4.12. The van der Waals surface area contributed by atoms with E-state index in [1.807, 2.05) is 42.5 Å². The Morgan fingerprint density at radius 3 is 2.52 bits per heavy atom. The smallest absolute Gasteiger partial charge is 0.196 e. The molecule has 0 spiro atoms. The summed E-state index contributed by atoms with van der Waals surface area (Å²) in [6.07, 6.45) is 3.97. The topological polar surface area (TPSA) is 52.0 Å². The fourth-order valence-corrected chi connectivity index (χ4v) is 4.12. The van der Waals surface area contributed by atoms with Crippen molar-refractivity contribution in [2.75, 3.05) is 0 Å². The van der Waals surface area contributed by atoms with Crippen LogP contribution in [0.15, 0.2) is 48.7 Å². The van der Waals surface area contributed by atoms with Gasteiger partial charge in [0.15, 0.2) is 11.6 Å². The first-order chi connectivity index (χ1) is 12.3. The summed E-state index contributed by atoms with van der Waals surface area (Å²) in [4.78, 5) is 30.0. The number of benzene rings is 1. The number of carbonyl (C=O) groups excluding carboxylic acids is 2. The van der Waals surface area contributed by atoms with Crippen molar-refractivity contribution in [3.63, 3.8) is 0 Å². The van der Waals surface area contributed by atoms with Gasteiger partial charge in [-0.2, -0.15) is 0 Å². The Kier molecular flexibility index (Phi) is 3.01. The predicted molar refractivity (Wildman–Crippen MR) is 93.9 cm³/mol. The lowest BCUT2D eigenvalue weighted by Gasteiger charge is -2.17. The number of Topliss-reactive ketones (excluding diaryl/α,β-unsaturated/α-hetero) is 1. The molecule has 1 aromatic carbocycles. The highest BCUT2D eigenvalue weighted by atomic mass is 16.1. The Balaban J connectivity index is 1.80.